The maximum atomic E-state index is 11.5. The van der Waals surface area contributed by atoms with Crippen molar-refractivity contribution in [2.75, 3.05) is 11.6 Å². The molecule has 5 heteroatoms. The Labute approximate surface area is 87.0 Å². The average molecular weight is 215 g/mol. The van der Waals surface area contributed by atoms with Crippen LogP contribution in [-0.2, 0) is 9.59 Å². The molecule has 78 valence electrons. The molecule has 0 aliphatic carbocycles. The number of carboxylic acids is 1. The topological polar surface area (TPSA) is 57.6 Å². The molecule has 1 aliphatic heterocycles. The summed E-state index contributed by atoms with van der Waals surface area (Å²) in [5.41, 5.74) is 0.885. The normalized spacial score (nSPS) is 20.7. The van der Waals surface area contributed by atoms with E-state index in [0.717, 1.165) is 5.57 Å². The molecule has 0 radical (unpaired) electrons. The Hall–Kier alpha value is -0.970. The zero-order valence-electron chi connectivity index (χ0n) is 8.19. The third-order valence-corrected chi connectivity index (χ3v) is 2.87. The highest BCUT2D eigenvalue weighted by Crippen LogP contribution is 2.21. The Balaban J connectivity index is 2.72. The van der Waals surface area contributed by atoms with Crippen LogP contribution in [0.25, 0.3) is 0 Å². The van der Waals surface area contributed by atoms with Gasteiger partial charge in [0.1, 0.15) is 6.04 Å². The van der Waals surface area contributed by atoms with Crippen LogP contribution in [-0.4, -0.2) is 39.6 Å². The van der Waals surface area contributed by atoms with E-state index in [1.54, 1.807) is 0 Å². The van der Waals surface area contributed by atoms with Crippen LogP contribution >= 0.6 is 11.8 Å². The van der Waals surface area contributed by atoms with Crippen molar-refractivity contribution < 1.29 is 14.7 Å². The Morgan fingerprint density at radius 2 is 2.14 bits per heavy atom. The summed E-state index contributed by atoms with van der Waals surface area (Å²) in [6, 6.07) is -0.664. The van der Waals surface area contributed by atoms with Crippen molar-refractivity contribution in [2.45, 2.75) is 19.9 Å². The molecule has 0 bridgehead atoms. The quantitative estimate of drug-likeness (QED) is 0.696. The largest absolute Gasteiger partial charge is 0.480 e. The molecule has 0 unspecified atom stereocenters. The van der Waals surface area contributed by atoms with Crippen LogP contribution in [0.2, 0.25) is 0 Å². The number of carbonyl (C=O) groups excluding carboxylic acids is 1. The second kappa shape index (κ2) is 4.50. The van der Waals surface area contributed by atoms with Gasteiger partial charge < -0.3 is 10.0 Å². The van der Waals surface area contributed by atoms with Crippen LogP contribution in [0.1, 0.15) is 13.8 Å². The monoisotopic (exact) mass is 215 g/mol. The van der Waals surface area contributed by atoms with Crippen LogP contribution < -0.4 is 0 Å². The minimum absolute atomic E-state index is 0.206. The van der Waals surface area contributed by atoms with E-state index in [0.29, 0.717) is 11.6 Å². The van der Waals surface area contributed by atoms with Crippen molar-refractivity contribution >= 4 is 23.6 Å². The van der Waals surface area contributed by atoms with E-state index in [-0.39, 0.29) is 5.91 Å². The molecule has 0 aromatic rings. The van der Waals surface area contributed by atoms with Crippen LogP contribution in [0.4, 0.5) is 0 Å². The van der Waals surface area contributed by atoms with Gasteiger partial charge >= 0.3 is 5.97 Å². The van der Waals surface area contributed by atoms with Gasteiger partial charge in [0.25, 0.3) is 0 Å². The summed E-state index contributed by atoms with van der Waals surface area (Å²) in [6.45, 7) is 3.63. The second-order valence-corrected chi connectivity index (χ2v) is 4.38. The van der Waals surface area contributed by atoms with E-state index in [2.05, 4.69) is 0 Å². The Morgan fingerprint density at radius 1 is 1.50 bits per heavy atom. The van der Waals surface area contributed by atoms with E-state index in [1.807, 2.05) is 13.8 Å². The molecule has 1 fully saturated rings. The molecule has 1 saturated heterocycles. The number of hydrogen-bond acceptors (Lipinski definition) is 3. The van der Waals surface area contributed by atoms with Gasteiger partial charge in [0, 0.05) is 11.8 Å². The molecular formula is C9H13NO3S. The smallest absolute Gasteiger partial charge is 0.327 e. The van der Waals surface area contributed by atoms with Gasteiger partial charge in [-0.3, -0.25) is 4.79 Å². The van der Waals surface area contributed by atoms with Crippen molar-refractivity contribution in [2.24, 2.45) is 0 Å². The first kappa shape index (κ1) is 11.1. The summed E-state index contributed by atoms with van der Waals surface area (Å²) in [5.74, 6) is -0.176. The number of allylic oxidation sites excluding steroid dienone is 1. The summed E-state index contributed by atoms with van der Waals surface area (Å²) in [7, 11) is 0. The highest BCUT2D eigenvalue weighted by Gasteiger charge is 2.33. The number of rotatable bonds is 2. The second-order valence-electron chi connectivity index (χ2n) is 3.38. The molecule has 1 heterocycles. The molecule has 1 amide bonds. The van der Waals surface area contributed by atoms with E-state index in [9.17, 15) is 9.59 Å². The molecule has 1 atom stereocenters. The van der Waals surface area contributed by atoms with Crippen molar-refractivity contribution in [3.05, 3.63) is 11.6 Å². The minimum Gasteiger partial charge on any atom is -0.480 e. The van der Waals surface area contributed by atoms with E-state index >= 15 is 0 Å². The van der Waals surface area contributed by atoms with Crippen molar-refractivity contribution in [1.82, 2.24) is 4.90 Å². The van der Waals surface area contributed by atoms with Gasteiger partial charge in [0.15, 0.2) is 0 Å². The van der Waals surface area contributed by atoms with Gasteiger partial charge in [0.05, 0.1) is 5.88 Å². The molecule has 0 spiro atoms. The SMILES string of the molecule is CC(C)=CC(=O)N1CSC[C@H]1C(=O)O. The molecular weight excluding hydrogens is 202 g/mol. The van der Waals surface area contributed by atoms with Gasteiger partial charge in [-0.2, -0.15) is 0 Å². The van der Waals surface area contributed by atoms with Crippen LogP contribution in [0.5, 0.6) is 0 Å². The van der Waals surface area contributed by atoms with Crippen molar-refractivity contribution in [3.8, 4) is 0 Å². The maximum Gasteiger partial charge on any atom is 0.327 e. The number of carbonyl (C=O) groups is 2. The highest BCUT2D eigenvalue weighted by molar-refractivity contribution is 7.99. The number of nitrogens with zero attached hydrogens (tertiary/aromatic N) is 1. The maximum absolute atomic E-state index is 11.5. The lowest BCUT2D eigenvalue weighted by atomic mass is 10.2. The third kappa shape index (κ3) is 2.51. The Kier molecular flexibility index (Phi) is 3.57. The molecule has 0 aromatic carbocycles. The van der Waals surface area contributed by atoms with Crippen LogP contribution in [0, 0.1) is 0 Å². The van der Waals surface area contributed by atoms with Crippen LogP contribution in [0.3, 0.4) is 0 Å². The van der Waals surface area contributed by atoms with E-state index in [4.69, 9.17) is 5.11 Å². The summed E-state index contributed by atoms with van der Waals surface area (Å²) >= 11 is 1.47. The molecule has 1 rings (SSSR count). The lowest BCUT2D eigenvalue weighted by Gasteiger charge is -2.18. The molecule has 0 saturated carbocycles. The number of carboxylic acid groups (broad SMARTS) is 1. The average Bonchev–Trinajstić information content (AvgIpc) is 2.49. The molecule has 1 aliphatic rings. The van der Waals surface area contributed by atoms with Crippen LogP contribution in [0.15, 0.2) is 11.6 Å². The van der Waals surface area contributed by atoms with Gasteiger partial charge in [-0.05, 0) is 13.8 Å². The van der Waals surface area contributed by atoms with Crippen molar-refractivity contribution in [1.29, 1.82) is 0 Å². The Bertz CT molecular complexity index is 284. The van der Waals surface area contributed by atoms with Gasteiger partial charge in [-0.1, -0.05) is 5.57 Å². The van der Waals surface area contributed by atoms with Crippen molar-refractivity contribution in [3.63, 3.8) is 0 Å². The fourth-order valence-corrected chi connectivity index (χ4v) is 2.35. The molecule has 14 heavy (non-hydrogen) atoms. The summed E-state index contributed by atoms with van der Waals surface area (Å²) in [5, 5.41) is 8.84. The first-order valence-electron chi connectivity index (χ1n) is 4.28. The standard InChI is InChI=1S/C9H13NO3S/c1-6(2)3-8(11)10-5-14-4-7(10)9(12)13/h3,7H,4-5H2,1-2H3,(H,12,13)/t7-/m0/s1. The lowest BCUT2D eigenvalue weighted by molar-refractivity contribution is -0.146. The predicted octanol–water partition coefficient (Wildman–Crippen LogP) is 0.939. The molecule has 0 aromatic heterocycles. The number of aliphatic carboxylic acids is 1. The zero-order valence-corrected chi connectivity index (χ0v) is 9.00. The van der Waals surface area contributed by atoms with Gasteiger partial charge in [0.2, 0.25) is 5.91 Å². The number of hydrogen-bond donors (Lipinski definition) is 1. The van der Waals surface area contributed by atoms with E-state index in [1.165, 1.54) is 22.7 Å². The number of amides is 1. The van der Waals surface area contributed by atoms with Gasteiger partial charge in [-0.25, -0.2) is 4.79 Å². The zero-order chi connectivity index (χ0) is 10.7. The van der Waals surface area contributed by atoms with E-state index < -0.39 is 12.0 Å². The third-order valence-electron chi connectivity index (χ3n) is 1.86. The Morgan fingerprint density at radius 3 is 2.64 bits per heavy atom. The first-order chi connectivity index (χ1) is 6.52. The molecule has 4 nitrogen and oxygen atoms in total. The fourth-order valence-electron chi connectivity index (χ4n) is 1.19. The summed E-state index contributed by atoms with van der Waals surface area (Å²) in [6.07, 6.45) is 1.47. The predicted molar refractivity (Wildman–Crippen MR) is 55.0 cm³/mol. The molecule has 1 N–H and O–H groups in total. The summed E-state index contributed by atoms with van der Waals surface area (Å²) in [4.78, 5) is 23.7. The number of thioether (sulfide) groups is 1. The first-order valence-corrected chi connectivity index (χ1v) is 5.44. The van der Waals surface area contributed by atoms with Gasteiger partial charge in [-0.15, -0.1) is 11.8 Å². The lowest BCUT2D eigenvalue weighted by Crippen LogP contribution is -2.41. The summed E-state index contributed by atoms with van der Waals surface area (Å²) < 4.78 is 0. The highest BCUT2D eigenvalue weighted by atomic mass is 32.2. The minimum atomic E-state index is -0.925. The fraction of sp³-hybridized carbons (Fsp3) is 0.556.